The summed E-state index contributed by atoms with van der Waals surface area (Å²) < 4.78 is 28.3. The van der Waals surface area contributed by atoms with Gasteiger partial charge in [0.05, 0.1) is 4.90 Å². The number of sulfone groups is 1. The molecular formula is C13H14N2O3S. The number of benzene rings is 1. The van der Waals surface area contributed by atoms with Gasteiger partial charge in [-0.05, 0) is 30.3 Å². The molecule has 0 atom stereocenters. The molecular weight excluding hydrogens is 264 g/mol. The van der Waals surface area contributed by atoms with Crippen LogP contribution < -0.4 is 10.1 Å². The van der Waals surface area contributed by atoms with E-state index in [9.17, 15) is 8.42 Å². The summed E-state index contributed by atoms with van der Waals surface area (Å²) >= 11 is 0. The first-order valence-electron chi connectivity index (χ1n) is 5.61. The predicted octanol–water partition coefficient (Wildman–Crippen LogP) is 2.32. The number of aromatic nitrogens is 1. The lowest BCUT2D eigenvalue weighted by molar-refractivity contribution is 0.482. The molecule has 0 unspecified atom stereocenters. The SMILES string of the molecule is CNc1cc(Oc2ccc(S(C)(=O)=O)cc2)ccn1. The molecule has 6 heteroatoms. The summed E-state index contributed by atoms with van der Waals surface area (Å²) in [5, 5.41) is 2.91. The van der Waals surface area contributed by atoms with E-state index in [4.69, 9.17) is 4.74 Å². The van der Waals surface area contributed by atoms with Crippen molar-refractivity contribution in [2.45, 2.75) is 4.90 Å². The standard InChI is InChI=1S/C13H14N2O3S/c1-14-13-9-11(7-8-15-13)18-10-3-5-12(6-4-10)19(2,16)17/h3-9H,1-2H3,(H,14,15). The van der Waals surface area contributed by atoms with Gasteiger partial charge in [-0.2, -0.15) is 0 Å². The van der Waals surface area contributed by atoms with Crippen molar-refractivity contribution < 1.29 is 13.2 Å². The average Bonchev–Trinajstić information content (AvgIpc) is 2.38. The van der Waals surface area contributed by atoms with Crippen molar-refractivity contribution in [1.82, 2.24) is 4.98 Å². The number of hydrogen-bond acceptors (Lipinski definition) is 5. The van der Waals surface area contributed by atoms with Crippen LogP contribution in [0.5, 0.6) is 11.5 Å². The summed E-state index contributed by atoms with van der Waals surface area (Å²) in [7, 11) is -1.41. The predicted molar refractivity (Wildman–Crippen MR) is 73.4 cm³/mol. The summed E-state index contributed by atoms with van der Waals surface area (Å²) in [4.78, 5) is 4.34. The number of nitrogens with zero attached hydrogens (tertiary/aromatic N) is 1. The molecule has 19 heavy (non-hydrogen) atoms. The van der Waals surface area contributed by atoms with E-state index in [1.165, 1.54) is 18.4 Å². The van der Waals surface area contributed by atoms with Gasteiger partial charge >= 0.3 is 0 Å². The smallest absolute Gasteiger partial charge is 0.175 e. The van der Waals surface area contributed by atoms with Crippen molar-refractivity contribution in [3.05, 3.63) is 42.6 Å². The molecule has 0 aliphatic rings. The van der Waals surface area contributed by atoms with Crippen LogP contribution in [0.25, 0.3) is 0 Å². The van der Waals surface area contributed by atoms with Crippen LogP contribution in [0.3, 0.4) is 0 Å². The van der Waals surface area contributed by atoms with Crippen LogP contribution in [0.2, 0.25) is 0 Å². The second kappa shape index (κ2) is 5.27. The molecule has 1 aromatic heterocycles. The van der Waals surface area contributed by atoms with Crippen LogP contribution in [-0.4, -0.2) is 26.7 Å². The third-order valence-electron chi connectivity index (χ3n) is 2.48. The number of ether oxygens (including phenoxy) is 1. The van der Waals surface area contributed by atoms with Crippen LogP contribution in [-0.2, 0) is 9.84 Å². The second-order valence-electron chi connectivity index (χ2n) is 3.97. The highest BCUT2D eigenvalue weighted by Crippen LogP contribution is 2.23. The fourth-order valence-corrected chi connectivity index (χ4v) is 2.13. The molecule has 0 saturated carbocycles. The fourth-order valence-electron chi connectivity index (χ4n) is 1.50. The van der Waals surface area contributed by atoms with Gasteiger partial charge in [-0.3, -0.25) is 0 Å². The molecule has 0 radical (unpaired) electrons. The Balaban J connectivity index is 2.19. The lowest BCUT2D eigenvalue weighted by Crippen LogP contribution is -1.96. The monoisotopic (exact) mass is 278 g/mol. The summed E-state index contributed by atoms with van der Waals surface area (Å²) in [6.07, 6.45) is 2.80. The molecule has 0 spiro atoms. The maximum atomic E-state index is 11.3. The first-order valence-corrected chi connectivity index (χ1v) is 7.50. The zero-order valence-corrected chi connectivity index (χ0v) is 11.4. The normalized spacial score (nSPS) is 11.1. The molecule has 1 aromatic carbocycles. The van der Waals surface area contributed by atoms with Crippen LogP contribution in [0.4, 0.5) is 5.82 Å². The molecule has 2 rings (SSSR count). The Morgan fingerprint density at radius 3 is 2.37 bits per heavy atom. The molecule has 1 heterocycles. The van der Waals surface area contributed by atoms with Gasteiger partial charge in [0.2, 0.25) is 0 Å². The first kappa shape index (κ1) is 13.4. The van der Waals surface area contributed by atoms with Gasteiger partial charge in [-0.1, -0.05) is 0 Å². The van der Waals surface area contributed by atoms with Crippen molar-refractivity contribution in [3.8, 4) is 11.5 Å². The Labute approximate surface area is 112 Å². The van der Waals surface area contributed by atoms with E-state index in [2.05, 4.69) is 10.3 Å². The number of pyridine rings is 1. The molecule has 100 valence electrons. The quantitative estimate of drug-likeness (QED) is 0.929. The lowest BCUT2D eigenvalue weighted by Gasteiger charge is -2.07. The van der Waals surface area contributed by atoms with Gasteiger partial charge < -0.3 is 10.1 Å². The Bertz CT molecular complexity index is 667. The molecule has 0 bridgehead atoms. The summed E-state index contributed by atoms with van der Waals surface area (Å²) in [5.41, 5.74) is 0. The van der Waals surface area contributed by atoms with Crippen LogP contribution in [0, 0.1) is 0 Å². The minimum atomic E-state index is -3.18. The molecule has 0 aliphatic heterocycles. The Morgan fingerprint density at radius 2 is 1.79 bits per heavy atom. The highest BCUT2D eigenvalue weighted by Gasteiger charge is 2.07. The maximum absolute atomic E-state index is 11.3. The van der Waals surface area contributed by atoms with E-state index in [0.717, 1.165) is 0 Å². The zero-order valence-electron chi connectivity index (χ0n) is 10.6. The Hall–Kier alpha value is -2.08. The van der Waals surface area contributed by atoms with Gasteiger partial charge in [-0.15, -0.1) is 0 Å². The van der Waals surface area contributed by atoms with E-state index in [-0.39, 0.29) is 4.90 Å². The van der Waals surface area contributed by atoms with Crippen molar-refractivity contribution in [1.29, 1.82) is 0 Å². The fraction of sp³-hybridized carbons (Fsp3) is 0.154. The third kappa shape index (κ3) is 3.45. The molecule has 0 amide bonds. The van der Waals surface area contributed by atoms with Crippen molar-refractivity contribution >= 4 is 15.7 Å². The van der Waals surface area contributed by atoms with Crippen molar-refractivity contribution in [2.24, 2.45) is 0 Å². The Kier molecular flexibility index (Phi) is 3.71. The summed E-state index contributed by atoms with van der Waals surface area (Å²) in [6.45, 7) is 0. The minimum Gasteiger partial charge on any atom is -0.457 e. The van der Waals surface area contributed by atoms with E-state index in [1.54, 1.807) is 37.5 Å². The zero-order chi connectivity index (χ0) is 13.9. The molecule has 0 aliphatic carbocycles. The van der Waals surface area contributed by atoms with E-state index >= 15 is 0 Å². The van der Waals surface area contributed by atoms with Gasteiger partial charge in [0, 0.05) is 25.6 Å². The number of hydrogen-bond donors (Lipinski definition) is 1. The molecule has 5 nitrogen and oxygen atoms in total. The topological polar surface area (TPSA) is 68.3 Å². The van der Waals surface area contributed by atoms with Crippen LogP contribution >= 0.6 is 0 Å². The summed E-state index contributed by atoms with van der Waals surface area (Å²) in [5.74, 6) is 1.90. The lowest BCUT2D eigenvalue weighted by atomic mass is 10.3. The second-order valence-corrected chi connectivity index (χ2v) is 5.99. The van der Waals surface area contributed by atoms with Crippen molar-refractivity contribution in [3.63, 3.8) is 0 Å². The third-order valence-corrected chi connectivity index (χ3v) is 3.60. The van der Waals surface area contributed by atoms with E-state index in [1.807, 2.05) is 0 Å². The number of rotatable bonds is 4. The summed E-state index contributed by atoms with van der Waals surface area (Å²) in [6, 6.07) is 9.76. The highest BCUT2D eigenvalue weighted by molar-refractivity contribution is 7.90. The maximum Gasteiger partial charge on any atom is 0.175 e. The van der Waals surface area contributed by atoms with E-state index in [0.29, 0.717) is 17.3 Å². The van der Waals surface area contributed by atoms with Crippen molar-refractivity contribution in [2.75, 3.05) is 18.6 Å². The van der Waals surface area contributed by atoms with Gasteiger partial charge in [0.15, 0.2) is 9.84 Å². The van der Waals surface area contributed by atoms with Gasteiger partial charge in [0.25, 0.3) is 0 Å². The first-order chi connectivity index (χ1) is 8.99. The molecule has 2 aromatic rings. The molecule has 0 fully saturated rings. The molecule has 0 saturated heterocycles. The van der Waals surface area contributed by atoms with Gasteiger partial charge in [0.1, 0.15) is 17.3 Å². The number of nitrogens with one attached hydrogen (secondary N) is 1. The van der Waals surface area contributed by atoms with Crippen LogP contribution in [0.15, 0.2) is 47.5 Å². The average molecular weight is 278 g/mol. The van der Waals surface area contributed by atoms with Crippen LogP contribution in [0.1, 0.15) is 0 Å². The Morgan fingerprint density at radius 1 is 1.11 bits per heavy atom. The van der Waals surface area contributed by atoms with Gasteiger partial charge in [-0.25, -0.2) is 13.4 Å². The molecule has 1 N–H and O–H groups in total. The minimum absolute atomic E-state index is 0.269. The van der Waals surface area contributed by atoms with E-state index < -0.39 is 9.84 Å². The largest absolute Gasteiger partial charge is 0.457 e. The number of anilines is 1. The highest BCUT2D eigenvalue weighted by atomic mass is 32.2.